The largest absolute Gasteiger partial charge is 0.489 e. The van der Waals surface area contributed by atoms with E-state index in [-0.39, 0.29) is 12.2 Å². The standard InChI is InChI=1S/C26H19N3O4/c1-17-6-10-21(11-7-17)29-25(31)23(24(30)28-26(29)32)14-18-8-12-22(13-9-18)33-16-20-5-3-2-4-19(20)15-27/h2-14H,16H2,1H3,(H,28,30,32). The summed E-state index contributed by atoms with van der Waals surface area (Å²) in [5.74, 6) is -0.872. The lowest BCUT2D eigenvalue weighted by molar-refractivity contribution is -0.122. The maximum atomic E-state index is 12.9. The zero-order chi connectivity index (χ0) is 23.4. The Hall–Kier alpha value is -4.70. The van der Waals surface area contributed by atoms with E-state index < -0.39 is 17.8 Å². The van der Waals surface area contributed by atoms with E-state index in [4.69, 9.17) is 4.74 Å². The van der Waals surface area contributed by atoms with E-state index in [0.717, 1.165) is 16.0 Å². The number of aryl methyl sites for hydroxylation is 1. The van der Waals surface area contributed by atoms with Crippen LogP contribution in [-0.4, -0.2) is 17.8 Å². The SMILES string of the molecule is Cc1ccc(N2C(=O)NC(=O)C(=Cc3ccc(OCc4ccccc4C#N)cc3)C2=O)cc1. The molecule has 0 unspecified atom stereocenters. The quantitative estimate of drug-likeness (QED) is 0.478. The van der Waals surface area contributed by atoms with Gasteiger partial charge in [-0.2, -0.15) is 5.26 Å². The Balaban J connectivity index is 1.52. The van der Waals surface area contributed by atoms with Crippen molar-refractivity contribution in [2.24, 2.45) is 0 Å². The molecule has 0 spiro atoms. The van der Waals surface area contributed by atoms with E-state index in [2.05, 4.69) is 11.4 Å². The Morgan fingerprint density at radius 3 is 2.36 bits per heavy atom. The molecule has 33 heavy (non-hydrogen) atoms. The molecule has 0 aromatic heterocycles. The summed E-state index contributed by atoms with van der Waals surface area (Å²) in [4.78, 5) is 38.5. The summed E-state index contributed by atoms with van der Waals surface area (Å²) >= 11 is 0. The number of amides is 4. The number of hydrogen-bond donors (Lipinski definition) is 1. The van der Waals surface area contributed by atoms with Crippen LogP contribution in [0.25, 0.3) is 6.08 Å². The Kier molecular flexibility index (Phi) is 6.00. The number of benzene rings is 3. The van der Waals surface area contributed by atoms with E-state index in [9.17, 15) is 19.6 Å². The summed E-state index contributed by atoms with van der Waals surface area (Å²) in [5, 5.41) is 11.4. The number of imide groups is 2. The number of carbonyl (C=O) groups excluding carboxylic acids is 3. The van der Waals surface area contributed by atoms with Crippen LogP contribution >= 0.6 is 0 Å². The normalized spacial score (nSPS) is 14.7. The van der Waals surface area contributed by atoms with Crippen molar-refractivity contribution in [1.29, 1.82) is 5.26 Å². The van der Waals surface area contributed by atoms with Crippen molar-refractivity contribution in [2.75, 3.05) is 4.90 Å². The molecular formula is C26H19N3O4. The van der Waals surface area contributed by atoms with Crippen molar-refractivity contribution in [1.82, 2.24) is 5.32 Å². The molecule has 0 radical (unpaired) electrons. The van der Waals surface area contributed by atoms with Gasteiger partial charge in [0.25, 0.3) is 11.8 Å². The Bertz CT molecular complexity index is 1300. The lowest BCUT2D eigenvalue weighted by Gasteiger charge is -2.26. The number of hydrogen-bond acceptors (Lipinski definition) is 5. The van der Waals surface area contributed by atoms with Gasteiger partial charge < -0.3 is 4.74 Å². The summed E-state index contributed by atoms with van der Waals surface area (Å²) in [5.41, 5.74) is 3.13. The van der Waals surface area contributed by atoms with Crippen molar-refractivity contribution in [3.05, 3.63) is 101 Å². The zero-order valence-electron chi connectivity index (χ0n) is 17.7. The minimum atomic E-state index is -0.785. The lowest BCUT2D eigenvalue weighted by atomic mass is 10.1. The molecule has 4 rings (SSSR count). The van der Waals surface area contributed by atoms with E-state index >= 15 is 0 Å². The summed E-state index contributed by atoms with van der Waals surface area (Å²) in [6.07, 6.45) is 1.43. The fraction of sp³-hybridized carbons (Fsp3) is 0.0769. The van der Waals surface area contributed by atoms with Crippen LogP contribution < -0.4 is 15.0 Å². The van der Waals surface area contributed by atoms with Gasteiger partial charge in [-0.05, 0) is 48.9 Å². The van der Waals surface area contributed by atoms with Gasteiger partial charge in [-0.15, -0.1) is 0 Å². The number of urea groups is 1. The van der Waals surface area contributed by atoms with Crippen LogP contribution in [0.5, 0.6) is 5.75 Å². The number of nitriles is 1. The van der Waals surface area contributed by atoms with Crippen LogP contribution in [0.15, 0.2) is 78.4 Å². The van der Waals surface area contributed by atoms with Gasteiger partial charge in [0.1, 0.15) is 17.9 Å². The maximum Gasteiger partial charge on any atom is 0.335 e. The fourth-order valence-electron chi connectivity index (χ4n) is 3.33. The zero-order valence-corrected chi connectivity index (χ0v) is 17.7. The van der Waals surface area contributed by atoms with Crippen LogP contribution in [0.2, 0.25) is 0 Å². The number of barbiturate groups is 1. The first-order valence-corrected chi connectivity index (χ1v) is 10.2. The Morgan fingerprint density at radius 2 is 1.67 bits per heavy atom. The number of nitrogens with zero attached hydrogens (tertiary/aromatic N) is 2. The second-order valence-corrected chi connectivity index (χ2v) is 7.42. The molecule has 4 amide bonds. The molecule has 3 aromatic carbocycles. The first kappa shape index (κ1) is 21.5. The second-order valence-electron chi connectivity index (χ2n) is 7.42. The molecule has 1 aliphatic heterocycles. The van der Waals surface area contributed by atoms with Gasteiger partial charge >= 0.3 is 6.03 Å². The monoisotopic (exact) mass is 437 g/mol. The maximum absolute atomic E-state index is 12.9. The van der Waals surface area contributed by atoms with Gasteiger partial charge in [-0.3, -0.25) is 14.9 Å². The van der Waals surface area contributed by atoms with Gasteiger partial charge in [0, 0.05) is 5.56 Å². The molecule has 7 nitrogen and oxygen atoms in total. The molecule has 3 aromatic rings. The first-order chi connectivity index (χ1) is 16.0. The molecule has 162 valence electrons. The van der Waals surface area contributed by atoms with E-state index in [1.54, 1.807) is 60.7 Å². The van der Waals surface area contributed by atoms with Crippen molar-refractivity contribution in [3.8, 4) is 11.8 Å². The van der Waals surface area contributed by atoms with Crippen molar-refractivity contribution >= 4 is 29.6 Å². The highest BCUT2D eigenvalue weighted by molar-refractivity contribution is 6.39. The first-order valence-electron chi connectivity index (χ1n) is 10.2. The molecule has 0 aliphatic carbocycles. The molecule has 1 saturated heterocycles. The lowest BCUT2D eigenvalue weighted by Crippen LogP contribution is -2.54. The minimum absolute atomic E-state index is 0.146. The summed E-state index contributed by atoms with van der Waals surface area (Å²) in [7, 11) is 0. The predicted molar refractivity (Wildman–Crippen MR) is 122 cm³/mol. The summed E-state index contributed by atoms with van der Waals surface area (Å²) < 4.78 is 5.75. The van der Waals surface area contributed by atoms with Gasteiger partial charge in [0.2, 0.25) is 0 Å². The number of ether oxygens (including phenoxy) is 1. The van der Waals surface area contributed by atoms with Gasteiger partial charge in [0.05, 0.1) is 17.3 Å². The average Bonchev–Trinajstić information content (AvgIpc) is 2.82. The molecule has 0 atom stereocenters. The molecular weight excluding hydrogens is 418 g/mol. The van der Waals surface area contributed by atoms with Gasteiger partial charge in [-0.25, -0.2) is 9.69 Å². The van der Waals surface area contributed by atoms with Crippen molar-refractivity contribution in [3.63, 3.8) is 0 Å². The number of carbonyl (C=O) groups is 3. The molecule has 0 saturated carbocycles. The average molecular weight is 437 g/mol. The third-order valence-corrected chi connectivity index (χ3v) is 5.12. The van der Waals surface area contributed by atoms with E-state index in [1.165, 1.54) is 6.08 Å². The third-order valence-electron chi connectivity index (χ3n) is 5.12. The third kappa shape index (κ3) is 4.65. The van der Waals surface area contributed by atoms with E-state index in [0.29, 0.717) is 22.6 Å². The Morgan fingerprint density at radius 1 is 0.970 bits per heavy atom. The van der Waals surface area contributed by atoms with Crippen LogP contribution in [0.1, 0.15) is 22.3 Å². The number of rotatable bonds is 5. The summed E-state index contributed by atoms with van der Waals surface area (Å²) in [6, 6.07) is 22.2. The highest BCUT2D eigenvalue weighted by atomic mass is 16.5. The van der Waals surface area contributed by atoms with Crippen molar-refractivity contribution in [2.45, 2.75) is 13.5 Å². The minimum Gasteiger partial charge on any atom is -0.489 e. The second kappa shape index (κ2) is 9.20. The van der Waals surface area contributed by atoms with Crippen LogP contribution in [-0.2, 0) is 16.2 Å². The summed E-state index contributed by atoms with van der Waals surface area (Å²) in [6.45, 7) is 2.13. The molecule has 7 heteroatoms. The molecule has 1 aliphatic rings. The van der Waals surface area contributed by atoms with Crippen LogP contribution in [0, 0.1) is 18.3 Å². The predicted octanol–water partition coefficient (Wildman–Crippen LogP) is 4.11. The highest BCUT2D eigenvalue weighted by Gasteiger charge is 2.36. The fourth-order valence-corrected chi connectivity index (χ4v) is 3.33. The van der Waals surface area contributed by atoms with Crippen LogP contribution in [0.3, 0.4) is 0 Å². The van der Waals surface area contributed by atoms with Gasteiger partial charge in [0.15, 0.2) is 0 Å². The number of nitrogens with one attached hydrogen (secondary N) is 1. The van der Waals surface area contributed by atoms with Gasteiger partial charge in [-0.1, -0.05) is 48.0 Å². The van der Waals surface area contributed by atoms with Crippen LogP contribution in [0.4, 0.5) is 10.5 Å². The highest BCUT2D eigenvalue weighted by Crippen LogP contribution is 2.23. The number of anilines is 1. The molecule has 0 bridgehead atoms. The topological polar surface area (TPSA) is 99.5 Å². The van der Waals surface area contributed by atoms with Crippen molar-refractivity contribution < 1.29 is 19.1 Å². The smallest absolute Gasteiger partial charge is 0.335 e. The Labute approximate surface area is 190 Å². The molecule has 1 fully saturated rings. The molecule has 1 heterocycles. The van der Waals surface area contributed by atoms with E-state index in [1.807, 2.05) is 19.1 Å². The molecule has 1 N–H and O–H groups in total.